The molecule has 0 aromatic heterocycles. The van der Waals surface area contributed by atoms with E-state index in [0.29, 0.717) is 6.04 Å². The molecule has 1 saturated heterocycles. The second-order valence-electron chi connectivity index (χ2n) is 5.37. The molecule has 0 spiro atoms. The third-order valence-corrected chi connectivity index (χ3v) is 4.22. The molecule has 0 radical (unpaired) electrons. The molecular formula is C14H30N2O. The van der Waals surface area contributed by atoms with Gasteiger partial charge in [0, 0.05) is 13.7 Å². The van der Waals surface area contributed by atoms with Crippen molar-refractivity contribution >= 4 is 0 Å². The van der Waals surface area contributed by atoms with E-state index in [1.807, 2.05) is 12.1 Å². The summed E-state index contributed by atoms with van der Waals surface area (Å²) in [7, 11) is 1.87. The highest BCUT2D eigenvalue weighted by Gasteiger charge is 2.42. The Morgan fingerprint density at radius 3 is 2.18 bits per heavy atom. The Hall–Kier alpha value is -0.120. The lowest BCUT2D eigenvalue weighted by molar-refractivity contribution is -0.0825. The summed E-state index contributed by atoms with van der Waals surface area (Å²) in [6.07, 6.45) is 9.64. The molecule has 17 heavy (non-hydrogen) atoms. The number of rotatable bonds is 8. The largest absolute Gasteiger partial charge is 0.377 e. The molecule has 3 heteroatoms. The second-order valence-corrected chi connectivity index (χ2v) is 5.37. The third kappa shape index (κ3) is 3.67. The van der Waals surface area contributed by atoms with Gasteiger partial charge in [-0.25, -0.2) is 5.01 Å². The minimum Gasteiger partial charge on any atom is -0.377 e. The van der Waals surface area contributed by atoms with E-state index in [0.717, 1.165) is 19.4 Å². The van der Waals surface area contributed by atoms with Crippen molar-refractivity contribution in [1.29, 1.82) is 0 Å². The van der Waals surface area contributed by atoms with E-state index in [9.17, 15) is 0 Å². The molecule has 1 atom stereocenters. The van der Waals surface area contributed by atoms with Crippen LogP contribution in [-0.4, -0.2) is 30.3 Å². The zero-order valence-electron chi connectivity index (χ0n) is 11.9. The molecule has 102 valence electrons. The smallest absolute Gasteiger partial charge is 0.0847 e. The van der Waals surface area contributed by atoms with Crippen molar-refractivity contribution in [3.8, 4) is 0 Å². The summed E-state index contributed by atoms with van der Waals surface area (Å²) in [5, 5.41) is 2.02. The van der Waals surface area contributed by atoms with Crippen LogP contribution in [0, 0.1) is 0 Å². The van der Waals surface area contributed by atoms with Crippen LogP contribution in [0.1, 0.15) is 65.2 Å². The van der Waals surface area contributed by atoms with E-state index in [4.69, 9.17) is 10.6 Å². The molecule has 0 unspecified atom stereocenters. The van der Waals surface area contributed by atoms with Crippen molar-refractivity contribution in [3.05, 3.63) is 0 Å². The number of nitrogens with zero attached hydrogens (tertiary/aromatic N) is 1. The predicted octanol–water partition coefficient (Wildman–Crippen LogP) is 3.09. The van der Waals surface area contributed by atoms with Gasteiger partial charge in [-0.2, -0.15) is 0 Å². The van der Waals surface area contributed by atoms with Crippen molar-refractivity contribution in [1.82, 2.24) is 5.01 Å². The van der Waals surface area contributed by atoms with E-state index in [1.165, 1.54) is 38.5 Å². The maximum atomic E-state index is 6.14. The first-order valence-electron chi connectivity index (χ1n) is 7.26. The molecule has 3 nitrogen and oxygen atoms in total. The van der Waals surface area contributed by atoms with Gasteiger partial charge >= 0.3 is 0 Å². The van der Waals surface area contributed by atoms with Crippen molar-refractivity contribution in [3.63, 3.8) is 0 Å². The van der Waals surface area contributed by atoms with Crippen LogP contribution in [0.4, 0.5) is 0 Å². The molecule has 1 rings (SSSR count). The number of nitrogens with two attached hydrogens (primary N) is 1. The first-order valence-corrected chi connectivity index (χ1v) is 7.26. The Kier molecular flexibility index (Phi) is 6.45. The van der Waals surface area contributed by atoms with Gasteiger partial charge in [-0.05, 0) is 25.7 Å². The van der Waals surface area contributed by atoms with Gasteiger partial charge in [0.05, 0.1) is 11.6 Å². The van der Waals surface area contributed by atoms with E-state index < -0.39 is 0 Å². The van der Waals surface area contributed by atoms with E-state index in [2.05, 4.69) is 13.8 Å². The summed E-state index contributed by atoms with van der Waals surface area (Å²) in [6.45, 7) is 5.51. The van der Waals surface area contributed by atoms with E-state index >= 15 is 0 Å². The summed E-state index contributed by atoms with van der Waals surface area (Å²) >= 11 is 0. The van der Waals surface area contributed by atoms with Crippen LogP contribution >= 0.6 is 0 Å². The van der Waals surface area contributed by atoms with E-state index in [1.54, 1.807) is 0 Å². The Morgan fingerprint density at radius 1 is 1.24 bits per heavy atom. The van der Waals surface area contributed by atoms with Crippen LogP contribution in [0.3, 0.4) is 0 Å². The van der Waals surface area contributed by atoms with Gasteiger partial charge in [-0.3, -0.25) is 5.84 Å². The topological polar surface area (TPSA) is 38.5 Å². The lowest BCUT2D eigenvalue weighted by Crippen LogP contribution is -2.53. The fraction of sp³-hybridized carbons (Fsp3) is 1.00. The molecule has 0 aromatic carbocycles. The molecule has 1 heterocycles. The highest BCUT2D eigenvalue weighted by atomic mass is 16.5. The predicted molar refractivity (Wildman–Crippen MR) is 72.7 cm³/mol. The molecular weight excluding hydrogens is 212 g/mol. The molecule has 0 bridgehead atoms. The van der Waals surface area contributed by atoms with Crippen LogP contribution in [0.25, 0.3) is 0 Å². The zero-order chi connectivity index (χ0) is 12.7. The highest BCUT2D eigenvalue weighted by Crippen LogP contribution is 2.35. The van der Waals surface area contributed by atoms with Crippen molar-refractivity contribution < 1.29 is 4.74 Å². The van der Waals surface area contributed by atoms with Gasteiger partial charge in [0.1, 0.15) is 0 Å². The Balaban J connectivity index is 2.72. The van der Waals surface area contributed by atoms with Gasteiger partial charge in [-0.1, -0.05) is 39.5 Å². The fourth-order valence-electron chi connectivity index (χ4n) is 3.10. The highest BCUT2D eigenvalue weighted by molar-refractivity contribution is 4.96. The summed E-state index contributed by atoms with van der Waals surface area (Å²) in [5.74, 6) is 6.14. The maximum Gasteiger partial charge on any atom is 0.0847 e. The Bertz CT molecular complexity index is 200. The molecule has 2 N–H and O–H groups in total. The Labute approximate surface area is 107 Å². The van der Waals surface area contributed by atoms with Gasteiger partial charge in [0.15, 0.2) is 0 Å². The monoisotopic (exact) mass is 242 g/mol. The number of hydrogen-bond acceptors (Lipinski definition) is 3. The molecule has 1 fully saturated rings. The molecule has 1 aliphatic rings. The van der Waals surface area contributed by atoms with Crippen molar-refractivity contribution in [2.45, 2.75) is 76.9 Å². The molecule has 0 aromatic rings. The first-order chi connectivity index (χ1) is 8.20. The quantitative estimate of drug-likeness (QED) is 0.665. The fourth-order valence-corrected chi connectivity index (χ4v) is 3.10. The van der Waals surface area contributed by atoms with E-state index in [-0.39, 0.29) is 5.60 Å². The maximum absolute atomic E-state index is 6.14. The van der Waals surface area contributed by atoms with Crippen molar-refractivity contribution in [2.75, 3.05) is 13.7 Å². The number of unbranched alkanes of at least 4 members (excludes halogenated alkanes) is 2. The van der Waals surface area contributed by atoms with Crippen LogP contribution in [0.15, 0.2) is 0 Å². The second kappa shape index (κ2) is 7.34. The summed E-state index contributed by atoms with van der Waals surface area (Å²) in [5.41, 5.74) is -0.00271. The van der Waals surface area contributed by atoms with Gasteiger partial charge in [0.25, 0.3) is 0 Å². The number of methoxy groups -OCH3 is 1. The number of hydrazine groups is 1. The van der Waals surface area contributed by atoms with Crippen LogP contribution in [0.5, 0.6) is 0 Å². The Morgan fingerprint density at radius 2 is 1.82 bits per heavy atom. The van der Waals surface area contributed by atoms with Gasteiger partial charge in [0.2, 0.25) is 0 Å². The van der Waals surface area contributed by atoms with Gasteiger partial charge in [-0.15, -0.1) is 0 Å². The van der Waals surface area contributed by atoms with Crippen molar-refractivity contribution in [2.24, 2.45) is 5.84 Å². The molecule has 0 amide bonds. The summed E-state index contributed by atoms with van der Waals surface area (Å²) in [6, 6.07) is 0.422. The normalized spacial score (nSPS) is 22.2. The van der Waals surface area contributed by atoms with Crippen LogP contribution in [0.2, 0.25) is 0 Å². The minimum atomic E-state index is -0.00271. The summed E-state index contributed by atoms with van der Waals surface area (Å²) in [4.78, 5) is 0. The average molecular weight is 242 g/mol. The van der Waals surface area contributed by atoms with Gasteiger partial charge < -0.3 is 4.74 Å². The first kappa shape index (κ1) is 14.9. The average Bonchev–Trinajstić information content (AvgIpc) is 2.77. The number of ether oxygens (including phenoxy) is 1. The molecule has 1 aliphatic heterocycles. The zero-order valence-corrected chi connectivity index (χ0v) is 11.9. The SMILES string of the molecule is CCCCC(CCCC)(OC)[C@@H]1CCCN1N. The number of hydrogen-bond donors (Lipinski definition) is 1. The molecule has 0 aliphatic carbocycles. The minimum absolute atomic E-state index is 0.00271. The lowest BCUT2D eigenvalue weighted by atomic mass is 9.82. The molecule has 0 saturated carbocycles. The van der Waals surface area contributed by atoms with Crippen LogP contribution < -0.4 is 5.84 Å². The summed E-state index contributed by atoms with van der Waals surface area (Å²) < 4.78 is 5.97. The lowest BCUT2D eigenvalue weighted by Gasteiger charge is -2.41. The standard InChI is InChI=1S/C14H30N2O/c1-4-6-10-14(17-3,11-7-5-2)13-9-8-12-16(13)15/h13H,4-12,15H2,1-3H3/t13-/m0/s1. The third-order valence-electron chi connectivity index (χ3n) is 4.22. The van der Waals surface area contributed by atoms with Crippen LogP contribution in [-0.2, 0) is 4.74 Å².